The highest BCUT2D eigenvalue weighted by Gasteiger charge is 2.11. The Morgan fingerprint density at radius 3 is 2.63 bits per heavy atom. The summed E-state index contributed by atoms with van der Waals surface area (Å²) in [6, 6.07) is 7.92. The Balaban J connectivity index is 2.21. The van der Waals surface area contributed by atoms with Crippen LogP contribution in [0.15, 0.2) is 28.7 Å². The zero-order chi connectivity index (χ0) is 13.8. The molecule has 1 heterocycles. The lowest BCUT2D eigenvalue weighted by molar-refractivity contribution is 0.285. The Kier molecular flexibility index (Phi) is 4.50. The van der Waals surface area contributed by atoms with Crippen LogP contribution in [0, 0.1) is 13.8 Å². The molecule has 100 valence electrons. The number of rotatable bonds is 4. The fraction of sp³-hybridized carbons (Fsp3) is 0.286. The van der Waals surface area contributed by atoms with Gasteiger partial charge in [-0.15, -0.1) is 5.10 Å². The van der Waals surface area contributed by atoms with Gasteiger partial charge in [0.05, 0.1) is 5.69 Å². The van der Waals surface area contributed by atoms with Crippen LogP contribution < -0.4 is 10.5 Å². The average Bonchev–Trinajstić information content (AvgIpc) is 2.41. The minimum absolute atomic E-state index is 0.396. The summed E-state index contributed by atoms with van der Waals surface area (Å²) in [6.45, 7) is 4.73. The predicted octanol–water partition coefficient (Wildman–Crippen LogP) is 2.89. The minimum atomic E-state index is 0.396. The lowest BCUT2D eigenvalue weighted by Crippen LogP contribution is -2.09. The molecule has 19 heavy (non-hydrogen) atoms. The molecule has 0 unspecified atom stereocenters. The lowest BCUT2D eigenvalue weighted by atomic mass is 10.1. The lowest BCUT2D eigenvalue weighted by Gasteiger charge is -2.12. The van der Waals surface area contributed by atoms with Gasteiger partial charge in [0, 0.05) is 22.1 Å². The van der Waals surface area contributed by atoms with E-state index >= 15 is 0 Å². The van der Waals surface area contributed by atoms with Crippen molar-refractivity contribution in [3.63, 3.8) is 0 Å². The number of hydrogen-bond acceptors (Lipinski definition) is 4. The highest BCUT2D eigenvalue weighted by molar-refractivity contribution is 9.10. The molecule has 0 spiro atoms. The summed E-state index contributed by atoms with van der Waals surface area (Å²) in [6.07, 6.45) is 0. The van der Waals surface area contributed by atoms with Crippen molar-refractivity contribution >= 4 is 15.9 Å². The molecule has 2 N–H and O–H groups in total. The fourth-order valence-electron chi connectivity index (χ4n) is 1.75. The molecule has 0 radical (unpaired) electrons. The summed E-state index contributed by atoms with van der Waals surface area (Å²) >= 11 is 3.49. The quantitative estimate of drug-likeness (QED) is 0.940. The van der Waals surface area contributed by atoms with Gasteiger partial charge in [-0.25, -0.2) is 0 Å². The first-order chi connectivity index (χ1) is 9.13. The SMILES string of the molecule is Cc1nnc(OCc2ccccc2Br)c(CN)c1C. The number of benzene rings is 1. The molecule has 0 fully saturated rings. The summed E-state index contributed by atoms with van der Waals surface area (Å²) in [4.78, 5) is 0. The zero-order valence-electron chi connectivity index (χ0n) is 11.0. The molecule has 4 nitrogen and oxygen atoms in total. The van der Waals surface area contributed by atoms with Crippen molar-refractivity contribution in [1.29, 1.82) is 0 Å². The van der Waals surface area contributed by atoms with E-state index in [1.165, 1.54) is 0 Å². The van der Waals surface area contributed by atoms with Crippen molar-refractivity contribution in [2.45, 2.75) is 27.0 Å². The Morgan fingerprint density at radius 1 is 1.21 bits per heavy atom. The van der Waals surface area contributed by atoms with Crippen molar-refractivity contribution in [2.75, 3.05) is 0 Å². The third kappa shape index (κ3) is 3.11. The third-order valence-electron chi connectivity index (χ3n) is 3.07. The van der Waals surface area contributed by atoms with Crippen molar-refractivity contribution in [3.05, 3.63) is 51.1 Å². The Hall–Kier alpha value is -1.46. The summed E-state index contributed by atoms with van der Waals surface area (Å²) < 4.78 is 6.76. The Bertz CT molecular complexity index is 587. The molecule has 0 amide bonds. The van der Waals surface area contributed by atoms with Crippen molar-refractivity contribution in [1.82, 2.24) is 10.2 Å². The molecule has 0 saturated carbocycles. The molecule has 2 rings (SSSR count). The van der Waals surface area contributed by atoms with Crippen LogP contribution in [0.3, 0.4) is 0 Å². The number of nitrogens with zero attached hydrogens (tertiary/aromatic N) is 2. The molecule has 0 aliphatic rings. The third-order valence-corrected chi connectivity index (χ3v) is 3.84. The Morgan fingerprint density at radius 2 is 1.95 bits per heavy atom. The summed E-state index contributed by atoms with van der Waals surface area (Å²) in [5.41, 5.74) is 9.66. The molecule has 0 saturated heterocycles. The van der Waals surface area contributed by atoms with Crippen LogP contribution >= 0.6 is 15.9 Å². The number of aryl methyl sites for hydroxylation is 1. The highest BCUT2D eigenvalue weighted by atomic mass is 79.9. The number of hydrogen-bond donors (Lipinski definition) is 1. The van der Waals surface area contributed by atoms with Gasteiger partial charge >= 0.3 is 0 Å². The van der Waals surface area contributed by atoms with E-state index in [1.54, 1.807) is 0 Å². The Labute approximate surface area is 121 Å². The second-order valence-electron chi connectivity index (χ2n) is 4.28. The van der Waals surface area contributed by atoms with Crippen LogP contribution in [-0.4, -0.2) is 10.2 Å². The van der Waals surface area contributed by atoms with Crippen LogP contribution in [0.25, 0.3) is 0 Å². The average molecular weight is 322 g/mol. The van der Waals surface area contributed by atoms with E-state index in [-0.39, 0.29) is 0 Å². The van der Waals surface area contributed by atoms with Crippen LogP contribution in [0.4, 0.5) is 0 Å². The van der Waals surface area contributed by atoms with Gasteiger partial charge in [0.25, 0.3) is 0 Å². The monoisotopic (exact) mass is 321 g/mol. The van der Waals surface area contributed by atoms with Crippen molar-refractivity contribution in [3.8, 4) is 5.88 Å². The van der Waals surface area contributed by atoms with E-state index in [4.69, 9.17) is 10.5 Å². The number of aromatic nitrogens is 2. The largest absolute Gasteiger partial charge is 0.471 e. The van der Waals surface area contributed by atoms with Crippen LogP contribution in [0.2, 0.25) is 0 Å². The maximum atomic E-state index is 5.76. The standard InChI is InChI=1S/C14H16BrN3O/c1-9-10(2)17-18-14(12(9)7-16)19-8-11-5-3-4-6-13(11)15/h3-6H,7-8,16H2,1-2H3. The second kappa shape index (κ2) is 6.12. The fourth-order valence-corrected chi connectivity index (χ4v) is 2.15. The summed E-state index contributed by atoms with van der Waals surface area (Å²) in [7, 11) is 0. The number of ether oxygens (including phenoxy) is 1. The summed E-state index contributed by atoms with van der Waals surface area (Å²) in [5, 5.41) is 8.17. The first-order valence-corrected chi connectivity index (χ1v) is 6.81. The van der Waals surface area contributed by atoms with E-state index in [9.17, 15) is 0 Å². The van der Waals surface area contributed by atoms with E-state index in [0.717, 1.165) is 26.9 Å². The maximum absolute atomic E-state index is 5.76. The highest BCUT2D eigenvalue weighted by Crippen LogP contribution is 2.22. The first-order valence-electron chi connectivity index (χ1n) is 6.02. The zero-order valence-corrected chi connectivity index (χ0v) is 12.6. The van der Waals surface area contributed by atoms with Gasteiger partial charge in [0.1, 0.15) is 6.61 Å². The van der Waals surface area contributed by atoms with Gasteiger partial charge in [0.2, 0.25) is 5.88 Å². The molecular formula is C14H16BrN3O. The van der Waals surface area contributed by atoms with Crippen LogP contribution in [0.5, 0.6) is 5.88 Å². The van der Waals surface area contributed by atoms with E-state index in [0.29, 0.717) is 19.0 Å². The molecule has 0 atom stereocenters. The molecule has 0 bridgehead atoms. The van der Waals surface area contributed by atoms with E-state index < -0.39 is 0 Å². The molecule has 1 aromatic heterocycles. The normalized spacial score (nSPS) is 10.5. The van der Waals surface area contributed by atoms with Gasteiger partial charge in [-0.2, -0.15) is 5.10 Å². The van der Waals surface area contributed by atoms with Gasteiger partial charge in [-0.05, 0) is 25.5 Å². The van der Waals surface area contributed by atoms with Gasteiger partial charge in [-0.1, -0.05) is 34.1 Å². The van der Waals surface area contributed by atoms with E-state index in [2.05, 4.69) is 26.1 Å². The topological polar surface area (TPSA) is 61.0 Å². The number of halogens is 1. The van der Waals surface area contributed by atoms with E-state index in [1.807, 2.05) is 38.1 Å². The van der Waals surface area contributed by atoms with Crippen molar-refractivity contribution < 1.29 is 4.74 Å². The molecule has 2 aromatic rings. The first kappa shape index (κ1) is 14.0. The molecule has 1 aromatic carbocycles. The molecule has 0 aliphatic carbocycles. The summed E-state index contributed by atoms with van der Waals surface area (Å²) in [5.74, 6) is 0.515. The minimum Gasteiger partial charge on any atom is -0.471 e. The molecule has 5 heteroatoms. The van der Waals surface area contributed by atoms with Crippen LogP contribution in [0.1, 0.15) is 22.4 Å². The van der Waals surface area contributed by atoms with Gasteiger partial charge in [0.15, 0.2) is 0 Å². The smallest absolute Gasteiger partial charge is 0.238 e. The predicted molar refractivity (Wildman–Crippen MR) is 77.9 cm³/mol. The molecule has 0 aliphatic heterocycles. The van der Waals surface area contributed by atoms with Crippen LogP contribution in [-0.2, 0) is 13.2 Å². The van der Waals surface area contributed by atoms with Gasteiger partial charge < -0.3 is 10.5 Å². The van der Waals surface area contributed by atoms with Gasteiger partial charge in [-0.3, -0.25) is 0 Å². The maximum Gasteiger partial charge on any atom is 0.238 e. The second-order valence-corrected chi connectivity index (χ2v) is 5.13. The van der Waals surface area contributed by atoms with Crippen molar-refractivity contribution in [2.24, 2.45) is 5.73 Å². The molecular weight excluding hydrogens is 306 g/mol. The number of nitrogens with two attached hydrogens (primary N) is 1.